The normalized spacial score (nSPS) is 36.0. The van der Waals surface area contributed by atoms with Crippen LogP contribution in [0, 0.1) is 56.5 Å². The molecule has 1 aromatic heterocycles. The minimum Gasteiger partial charge on any atom is -0.459 e. The smallest absolute Gasteiger partial charge is 0.331 e. The molecule has 0 aromatic carbocycles. The molecule has 220 valence electrons. The number of esters is 1. The van der Waals surface area contributed by atoms with Crippen molar-refractivity contribution in [3.63, 3.8) is 0 Å². The predicted molar refractivity (Wildman–Crippen MR) is 157 cm³/mol. The maximum atomic E-state index is 12.6. The van der Waals surface area contributed by atoms with Gasteiger partial charge in [0.1, 0.15) is 6.10 Å². The van der Waals surface area contributed by atoms with Crippen molar-refractivity contribution in [2.45, 2.75) is 111 Å². The predicted octanol–water partition coefficient (Wildman–Crippen LogP) is 9.15. The Bertz CT molecular complexity index is 1150. The number of nitrogens with zero attached hydrogens (tertiary/aromatic N) is 1. The van der Waals surface area contributed by atoms with E-state index >= 15 is 0 Å². The van der Waals surface area contributed by atoms with E-state index in [-0.39, 0.29) is 23.0 Å². The molecule has 6 heteroatoms. The molecule has 0 spiro atoms. The lowest BCUT2D eigenvalue weighted by molar-refractivity contribution is -0.385. The Morgan fingerprint density at radius 1 is 1.15 bits per heavy atom. The van der Waals surface area contributed by atoms with Gasteiger partial charge >= 0.3 is 11.7 Å². The molecule has 0 saturated heterocycles. The number of carbonyl (C=O) groups is 1. The third-order valence-corrected chi connectivity index (χ3v) is 11.8. The number of allylic oxidation sites excluding steroid dienone is 1. The van der Waals surface area contributed by atoms with Gasteiger partial charge in [-0.1, -0.05) is 65.5 Å². The van der Waals surface area contributed by atoms with Crippen LogP contribution in [-0.4, -0.2) is 17.0 Å². The third kappa shape index (κ3) is 5.44. The zero-order chi connectivity index (χ0) is 28.7. The fraction of sp³-hybridized carbons (Fsp3) is 0.735. The molecule has 1 aromatic rings. The lowest BCUT2D eigenvalue weighted by atomic mass is 9.47. The Kier molecular flexibility index (Phi) is 8.37. The summed E-state index contributed by atoms with van der Waals surface area (Å²) in [5.74, 6) is 4.44. The zero-order valence-electron chi connectivity index (χ0n) is 25.2. The molecule has 1 heterocycles. The number of hydrogen-bond donors (Lipinski definition) is 0. The van der Waals surface area contributed by atoms with Crippen molar-refractivity contribution in [3.8, 4) is 0 Å². The molecule has 0 aliphatic heterocycles. The van der Waals surface area contributed by atoms with Crippen molar-refractivity contribution in [2.24, 2.45) is 46.3 Å². The summed E-state index contributed by atoms with van der Waals surface area (Å²) in [7, 11) is 0. The first-order valence-corrected chi connectivity index (χ1v) is 15.8. The van der Waals surface area contributed by atoms with E-state index in [9.17, 15) is 14.9 Å². The SMILES string of the molecule is CC(C)CCCC(C)C1CCC2C3CC=C4CC(OC(=O)/C=C/c5occc5[N+](=O)[O-])CCC4(C)C3CCC12C. The van der Waals surface area contributed by atoms with Crippen molar-refractivity contribution in [1.82, 2.24) is 0 Å². The number of hydrogen-bond acceptors (Lipinski definition) is 5. The maximum absolute atomic E-state index is 12.6. The largest absolute Gasteiger partial charge is 0.459 e. The fourth-order valence-corrected chi connectivity index (χ4v) is 9.69. The van der Waals surface area contributed by atoms with E-state index in [2.05, 4.69) is 40.7 Å². The zero-order valence-corrected chi connectivity index (χ0v) is 25.2. The van der Waals surface area contributed by atoms with Gasteiger partial charge < -0.3 is 9.15 Å². The standard InChI is InChI=1S/C34H49NO5/c1-22(2)7-6-8-23(3)27-11-12-28-26-10-9-24-21-25(15-18-33(24,4)29(26)16-19-34(27,28)5)40-32(36)14-13-31-30(35(37)38)17-20-39-31/h9,13-14,17,20,22-23,25-29H,6-8,10-12,15-16,18-19,21H2,1-5H3/b14-13+. The topological polar surface area (TPSA) is 82.6 Å². The summed E-state index contributed by atoms with van der Waals surface area (Å²) >= 11 is 0. The number of carbonyl (C=O) groups excluding carboxylic acids is 1. The molecule has 0 N–H and O–H groups in total. The monoisotopic (exact) mass is 551 g/mol. The summed E-state index contributed by atoms with van der Waals surface area (Å²) in [5, 5.41) is 11.1. The highest BCUT2D eigenvalue weighted by atomic mass is 16.6. The van der Waals surface area contributed by atoms with E-state index in [1.807, 2.05) is 0 Å². The van der Waals surface area contributed by atoms with E-state index in [1.165, 1.54) is 81.4 Å². The molecule has 8 atom stereocenters. The van der Waals surface area contributed by atoms with Crippen LogP contribution in [0.4, 0.5) is 5.69 Å². The molecule has 3 fully saturated rings. The Morgan fingerprint density at radius 2 is 1.95 bits per heavy atom. The van der Waals surface area contributed by atoms with Crippen LogP contribution in [-0.2, 0) is 9.53 Å². The van der Waals surface area contributed by atoms with Crippen molar-refractivity contribution in [3.05, 3.63) is 45.9 Å². The van der Waals surface area contributed by atoms with Gasteiger partial charge in [-0.25, -0.2) is 4.79 Å². The average molecular weight is 552 g/mol. The minimum absolute atomic E-state index is 0.0580. The molecule has 4 aliphatic rings. The van der Waals surface area contributed by atoms with Crippen molar-refractivity contribution >= 4 is 17.7 Å². The van der Waals surface area contributed by atoms with Crippen LogP contribution >= 0.6 is 0 Å². The lowest BCUT2D eigenvalue weighted by Crippen LogP contribution is -2.51. The highest BCUT2D eigenvalue weighted by Crippen LogP contribution is 2.67. The van der Waals surface area contributed by atoms with E-state index in [4.69, 9.17) is 9.15 Å². The molecule has 0 radical (unpaired) electrons. The van der Waals surface area contributed by atoms with Crippen LogP contribution in [0.3, 0.4) is 0 Å². The highest BCUT2D eigenvalue weighted by molar-refractivity contribution is 5.87. The van der Waals surface area contributed by atoms with E-state index in [0.29, 0.717) is 5.41 Å². The second-order valence-corrected chi connectivity index (χ2v) is 14.4. The highest BCUT2D eigenvalue weighted by Gasteiger charge is 2.59. The van der Waals surface area contributed by atoms with Gasteiger partial charge in [0, 0.05) is 12.5 Å². The van der Waals surface area contributed by atoms with Crippen LogP contribution in [0.2, 0.25) is 0 Å². The second-order valence-electron chi connectivity index (χ2n) is 14.4. The summed E-state index contributed by atoms with van der Waals surface area (Å²) in [6.45, 7) is 12.4. The molecule has 40 heavy (non-hydrogen) atoms. The van der Waals surface area contributed by atoms with E-state index in [1.54, 1.807) is 0 Å². The molecule has 8 unspecified atom stereocenters. The number of furan rings is 1. The summed E-state index contributed by atoms with van der Waals surface area (Å²) in [5.41, 5.74) is 2.03. The van der Waals surface area contributed by atoms with Crippen LogP contribution in [0.1, 0.15) is 111 Å². The molecule has 0 bridgehead atoms. The van der Waals surface area contributed by atoms with Crippen molar-refractivity contribution in [2.75, 3.05) is 0 Å². The molecule has 5 rings (SSSR count). The molecule has 0 amide bonds. The van der Waals surface area contributed by atoms with Gasteiger partial charge in [-0.3, -0.25) is 10.1 Å². The fourth-order valence-electron chi connectivity index (χ4n) is 9.69. The molecule has 3 saturated carbocycles. The summed E-state index contributed by atoms with van der Waals surface area (Å²) < 4.78 is 11.0. The first kappa shape index (κ1) is 29.1. The van der Waals surface area contributed by atoms with Gasteiger partial charge in [0.15, 0.2) is 0 Å². The maximum Gasteiger partial charge on any atom is 0.331 e. The number of fused-ring (bicyclic) bond motifs is 5. The quantitative estimate of drug-likeness (QED) is 0.100. The van der Waals surface area contributed by atoms with Crippen LogP contribution in [0.5, 0.6) is 0 Å². The summed E-state index contributed by atoms with van der Waals surface area (Å²) in [6.07, 6.45) is 19.7. The van der Waals surface area contributed by atoms with Gasteiger partial charge in [-0.2, -0.15) is 0 Å². The van der Waals surface area contributed by atoms with Gasteiger partial charge in [0.05, 0.1) is 17.3 Å². The molecule has 6 nitrogen and oxygen atoms in total. The second kappa shape index (κ2) is 11.5. The van der Waals surface area contributed by atoms with E-state index < -0.39 is 10.9 Å². The van der Waals surface area contributed by atoms with Crippen molar-refractivity contribution in [1.29, 1.82) is 0 Å². The number of ether oxygens (including phenoxy) is 1. The lowest BCUT2D eigenvalue weighted by Gasteiger charge is -2.58. The average Bonchev–Trinajstić information content (AvgIpc) is 3.51. The van der Waals surface area contributed by atoms with Gasteiger partial charge in [0.25, 0.3) is 0 Å². The van der Waals surface area contributed by atoms with E-state index in [0.717, 1.165) is 54.8 Å². The molecular weight excluding hydrogens is 502 g/mol. The Morgan fingerprint density at radius 3 is 2.70 bits per heavy atom. The van der Waals surface area contributed by atoms with Crippen molar-refractivity contribution < 1.29 is 18.9 Å². The Hall–Kier alpha value is -2.37. The number of nitro groups is 1. The van der Waals surface area contributed by atoms with Crippen LogP contribution in [0.15, 0.2) is 34.5 Å². The Balaban J connectivity index is 1.21. The molecule has 4 aliphatic carbocycles. The minimum atomic E-state index is -0.520. The summed E-state index contributed by atoms with van der Waals surface area (Å²) in [6, 6.07) is 1.28. The van der Waals surface area contributed by atoms with Crippen LogP contribution < -0.4 is 0 Å². The van der Waals surface area contributed by atoms with Gasteiger partial charge in [0.2, 0.25) is 5.76 Å². The molecular formula is C34H49NO5. The summed E-state index contributed by atoms with van der Waals surface area (Å²) in [4.78, 5) is 23.1. The third-order valence-electron chi connectivity index (χ3n) is 11.8. The first-order valence-electron chi connectivity index (χ1n) is 15.8. The van der Waals surface area contributed by atoms with Gasteiger partial charge in [-0.05, 0) is 97.4 Å². The first-order chi connectivity index (χ1) is 19.0. The Labute approximate surface area is 240 Å². The van der Waals surface area contributed by atoms with Crippen LogP contribution in [0.25, 0.3) is 6.08 Å². The number of rotatable bonds is 9. The van der Waals surface area contributed by atoms with Gasteiger partial charge in [-0.15, -0.1) is 0 Å².